The van der Waals surface area contributed by atoms with Gasteiger partial charge >= 0.3 is 0 Å². The zero-order chi connectivity index (χ0) is 18.4. The summed E-state index contributed by atoms with van der Waals surface area (Å²) >= 11 is 6.11. The van der Waals surface area contributed by atoms with Gasteiger partial charge in [0.05, 0.1) is 18.8 Å². The number of hydrogen-bond acceptors (Lipinski definition) is 4. The van der Waals surface area contributed by atoms with Crippen molar-refractivity contribution in [3.8, 4) is 11.3 Å². The summed E-state index contributed by atoms with van der Waals surface area (Å²) in [6.07, 6.45) is 1.71. The Hall–Kier alpha value is -2.47. The van der Waals surface area contributed by atoms with Crippen molar-refractivity contribution in [3.05, 3.63) is 76.9 Å². The predicted octanol–water partition coefficient (Wildman–Crippen LogP) is 4.06. The van der Waals surface area contributed by atoms with Crippen molar-refractivity contribution in [2.75, 3.05) is 20.3 Å². The zero-order valence-electron chi connectivity index (χ0n) is 14.4. The summed E-state index contributed by atoms with van der Waals surface area (Å²) in [5.74, 6) is -0.0938. The Kier molecular flexibility index (Phi) is 6.17. The molecule has 2 aromatic carbocycles. The Morgan fingerprint density at radius 2 is 1.92 bits per heavy atom. The molecule has 0 amide bonds. The summed E-state index contributed by atoms with van der Waals surface area (Å²) in [6.45, 7) is 1.18. The first-order valence-electron chi connectivity index (χ1n) is 8.19. The van der Waals surface area contributed by atoms with Gasteiger partial charge in [-0.2, -0.15) is 5.10 Å². The monoisotopic (exact) mass is 370 g/mol. The van der Waals surface area contributed by atoms with Crippen molar-refractivity contribution in [2.45, 2.75) is 6.73 Å². The fraction of sp³-hybridized carbons (Fsp3) is 0.200. The van der Waals surface area contributed by atoms with Gasteiger partial charge in [-0.25, -0.2) is 4.68 Å². The highest BCUT2D eigenvalue weighted by molar-refractivity contribution is 6.30. The van der Waals surface area contributed by atoms with Crippen LogP contribution in [0.2, 0.25) is 5.02 Å². The molecule has 1 aromatic heterocycles. The van der Waals surface area contributed by atoms with Crippen LogP contribution < -0.4 is 0 Å². The standard InChI is InChI=1S/C20H19ClN2O3/c1-25-10-11-26-14-23-13-18(20(24)15-6-3-2-4-7-15)19(22-23)16-8-5-9-17(21)12-16/h2-9,12-13H,10-11,14H2,1H3. The van der Waals surface area contributed by atoms with Crippen LogP contribution in [0.1, 0.15) is 15.9 Å². The summed E-state index contributed by atoms with van der Waals surface area (Å²) in [5, 5.41) is 5.13. The first kappa shape index (κ1) is 18.3. The molecule has 3 aromatic rings. The molecule has 0 radical (unpaired) electrons. The maximum atomic E-state index is 13.0. The lowest BCUT2D eigenvalue weighted by atomic mass is 10.0. The molecule has 0 saturated carbocycles. The van der Waals surface area contributed by atoms with Gasteiger partial charge in [-0.15, -0.1) is 0 Å². The van der Waals surface area contributed by atoms with E-state index in [1.165, 1.54) is 0 Å². The van der Waals surface area contributed by atoms with E-state index in [9.17, 15) is 4.79 Å². The van der Waals surface area contributed by atoms with Crippen molar-refractivity contribution in [1.29, 1.82) is 0 Å². The quantitative estimate of drug-likeness (QED) is 0.443. The molecule has 0 aliphatic rings. The van der Waals surface area contributed by atoms with Crippen molar-refractivity contribution in [3.63, 3.8) is 0 Å². The Morgan fingerprint density at radius 1 is 1.12 bits per heavy atom. The predicted molar refractivity (Wildman–Crippen MR) is 100 cm³/mol. The Labute approximate surface area is 157 Å². The second-order valence-corrected chi connectivity index (χ2v) is 6.10. The highest BCUT2D eigenvalue weighted by Gasteiger charge is 2.19. The summed E-state index contributed by atoms with van der Waals surface area (Å²) in [6, 6.07) is 16.4. The highest BCUT2D eigenvalue weighted by atomic mass is 35.5. The number of benzene rings is 2. The molecule has 0 spiro atoms. The minimum absolute atomic E-state index is 0.0938. The van der Waals surface area contributed by atoms with Crippen molar-refractivity contribution < 1.29 is 14.3 Å². The van der Waals surface area contributed by atoms with Gasteiger partial charge in [0.15, 0.2) is 5.78 Å². The average Bonchev–Trinajstić information content (AvgIpc) is 3.09. The minimum atomic E-state index is -0.0938. The van der Waals surface area contributed by atoms with Gasteiger partial charge in [0.2, 0.25) is 0 Å². The van der Waals surface area contributed by atoms with Gasteiger partial charge in [-0.1, -0.05) is 54.1 Å². The van der Waals surface area contributed by atoms with Crippen molar-refractivity contribution in [1.82, 2.24) is 9.78 Å². The summed E-state index contributed by atoms with van der Waals surface area (Å²) < 4.78 is 12.1. The number of ketones is 1. The molecular formula is C20H19ClN2O3. The lowest BCUT2D eigenvalue weighted by molar-refractivity contribution is 0.0289. The van der Waals surface area contributed by atoms with E-state index in [-0.39, 0.29) is 12.5 Å². The minimum Gasteiger partial charge on any atom is -0.382 e. The lowest BCUT2D eigenvalue weighted by Gasteiger charge is -2.03. The van der Waals surface area contributed by atoms with E-state index >= 15 is 0 Å². The van der Waals surface area contributed by atoms with Crippen LogP contribution in [0.3, 0.4) is 0 Å². The van der Waals surface area contributed by atoms with Crippen LogP contribution in [0.4, 0.5) is 0 Å². The largest absolute Gasteiger partial charge is 0.382 e. The van der Waals surface area contributed by atoms with Crippen LogP contribution in [0.15, 0.2) is 60.8 Å². The number of methoxy groups -OCH3 is 1. The van der Waals surface area contributed by atoms with E-state index in [4.69, 9.17) is 21.1 Å². The third kappa shape index (κ3) is 4.38. The molecule has 0 unspecified atom stereocenters. The fourth-order valence-electron chi connectivity index (χ4n) is 2.55. The molecule has 0 N–H and O–H groups in total. The lowest BCUT2D eigenvalue weighted by Crippen LogP contribution is -2.07. The van der Waals surface area contributed by atoms with Gasteiger partial charge in [-0.3, -0.25) is 4.79 Å². The zero-order valence-corrected chi connectivity index (χ0v) is 15.1. The first-order valence-corrected chi connectivity index (χ1v) is 8.56. The average molecular weight is 371 g/mol. The van der Waals surface area contributed by atoms with E-state index in [0.717, 1.165) is 5.56 Å². The third-order valence-corrected chi connectivity index (χ3v) is 4.03. The second-order valence-electron chi connectivity index (χ2n) is 5.67. The number of halogens is 1. The van der Waals surface area contributed by atoms with Gasteiger partial charge < -0.3 is 9.47 Å². The maximum absolute atomic E-state index is 13.0. The molecule has 0 bridgehead atoms. The number of carbonyl (C=O) groups is 1. The number of carbonyl (C=O) groups excluding carboxylic acids is 1. The molecule has 1 heterocycles. The van der Waals surface area contributed by atoms with Crippen LogP contribution in [0, 0.1) is 0 Å². The van der Waals surface area contributed by atoms with E-state index < -0.39 is 0 Å². The summed E-state index contributed by atoms with van der Waals surface area (Å²) in [7, 11) is 1.62. The number of hydrogen-bond donors (Lipinski definition) is 0. The Balaban J connectivity index is 1.95. The summed E-state index contributed by atoms with van der Waals surface area (Å²) in [5.41, 5.74) is 2.48. The van der Waals surface area contributed by atoms with Crippen LogP contribution >= 0.6 is 11.6 Å². The SMILES string of the molecule is COCCOCn1cc(C(=O)c2ccccc2)c(-c2cccc(Cl)c2)n1. The molecule has 134 valence electrons. The van der Waals surface area contributed by atoms with Crippen molar-refractivity contribution in [2.24, 2.45) is 0 Å². The Morgan fingerprint density at radius 3 is 2.65 bits per heavy atom. The number of aromatic nitrogens is 2. The topological polar surface area (TPSA) is 53.4 Å². The number of ether oxygens (including phenoxy) is 2. The maximum Gasteiger partial charge on any atom is 0.196 e. The summed E-state index contributed by atoms with van der Waals surface area (Å²) in [4.78, 5) is 13.0. The first-order chi connectivity index (χ1) is 12.7. The van der Waals surface area contributed by atoms with E-state index in [1.54, 1.807) is 42.3 Å². The molecule has 0 fully saturated rings. The van der Waals surface area contributed by atoms with Gasteiger partial charge in [0.25, 0.3) is 0 Å². The van der Waals surface area contributed by atoms with Crippen molar-refractivity contribution >= 4 is 17.4 Å². The van der Waals surface area contributed by atoms with Crippen LogP contribution in [-0.4, -0.2) is 35.9 Å². The molecule has 0 saturated heterocycles. The fourth-order valence-corrected chi connectivity index (χ4v) is 2.74. The van der Waals surface area contributed by atoms with Gasteiger partial charge in [-0.05, 0) is 12.1 Å². The normalized spacial score (nSPS) is 10.8. The smallest absolute Gasteiger partial charge is 0.196 e. The van der Waals surface area contributed by atoms with Crippen LogP contribution in [-0.2, 0) is 16.2 Å². The molecular weight excluding hydrogens is 352 g/mol. The number of rotatable bonds is 8. The third-order valence-electron chi connectivity index (χ3n) is 3.80. The van der Waals surface area contributed by atoms with E-state index in [1.807, 2.05) is 30.3 Å². The van der Waals surface area contributed by atoms with E-state index in [2.05, 4.69) is 5.10 Å². The van der Waals surface area contributed by atoms with Crippen LogP contribution in [0.5, 0.6) is 0 Å². The van der Waals surface area contributed by atoms with Gasteiger partial charge in [0, 0.05) is 29.5 Å². The highest BCUT2D eigenvalue weighted by Crippen LogP contribution is 2.26. The molecule has 6 heteroatoms. The molecule has 5 nitrogen and oxygen atoms in total. The second kappa shape index (κ2) is 8.76. The molecule has 3 rings (SSSR count). The number of nitrogens with zero attached hydrogens (tertiary/aromatic N) is 2. The van der Waals surface area contributed by atoms with E-state index in [0.29, 0.717) is 35.1 Å². The van der Waals surface area contributed by atoms with Gasteiger partial charge in [0.1, 0.15) is 12.4 Å². The van der Waals surface area contributed by atoms with Crippen LogP contribution in [0.25, 0.3) is 11.3 Å². The molecule has 0 aliphatic heterocycles. The molecule has 26 heavy (non-hydrogen) atoms. The molecule has 0 aliphatic carbocycles. The molecule has 0 atom stereocenters. The Bertz CT molecular complexity index is 878.